The zero-order valence-electron chi connectivity index (χ0n) is 34.8. The van der Waals surface area contributed by atoms with Crippen molar-refractivity contribution in [2.45, 2.75) is 0 Å². The summed E-state index contributed by atoms with van der Waals surface area (Å²) in [5.41, 5.74) is 1.95. The number of fused-ring (bicyclic) bond motifs is 6. The fourth-order valence-corrected chi connectivity index (χ4v) is 5.61. The Morgan fingerprint density at radius 2 is 1.32 bits per heavy atom. The third kappa shape index (κ3) is 3.85. The first-order valence-electron chi connectivity index (χ1n) is 19.8. The second kappa shape index (κ2) is 9.79. The van der Waals surface area contributed by atoms with E-state index in [0.29, 0.717) is 33.7 Å². The van der Waals surface area contributed by atoms with Gasteiger partial charge < -0.3 is 8.98 Å². The van der Waals surface area contributed by atoms with Crippen LogP contribution in [0.5, 0.6) is 0 Å². The van der Waals surface area contributed by atoms with Crippen LogP contribution in [0.3, 0.4) is 0 Å². The van der Waals surface area contributed by atoms with Crippen LogP contribution < -0.4 is 0 Å². The molecule has 0 N–H and O–H groups in total. The number of nitrogens with zero attached hydrogens (tertiary/aromatic N) is 3. The molecule has 3 heterocycles. The lowest BCUT2D eigenvalue weighted by atomic mass is 10.0. The van der Waals surface area contributed by atoms with Gasteiger partial charge in [-0.25, -0.2) is 9.97 Å². The molecule has 4 nitrogen and oxygen atoms in total. The van der Waals surface area contributed by atoms with Gasteiger partial charge in [0.25, 0.3) is 0 Å². The highest BCUT2D eigenvalue weighted by Gasteiger charge is 2.18. The van der Waals surface area contributed by atoms with Crippen LogP contribution >= 0.6 is 0 Å². The molecule has 4 heteroatoms. The molecule has 0 bridgehead atoms. The normalized spacial score (nSPS) is 15.5. The second-order valence-electron chi connectivity index (χ2n) is 10.1. The molecule has 6 aromatic carbocycles. The summed E-state index contributed by atoms with van der Waals surface area (Å²) >= 11 is 0. The van der Waals surface area contributed by atoms with Crippen LogP contribution in [0.4, 0.5) is 0 Å². The van der Waals surface area contributed by atoms with Crippen LogP contribution in [-0.4, -0.2) is 14.5 Å². The molecule has 0 radical (unpaired) electrons. The molecular formula is C40H25N3O. The molecule has 0 atom stereocenters. The second-order valence-corrected chi connectivity index (χ2v) is 10.1. The molecule has 0 fully saturated rings. The van der Waals surface area contributed by atoms with Crippen molar-refractivity contribution in [3.63, 3.8) is 0 Å². The number of benzene rings is 6. The molecular weight excluding hydrogens is 538 g/mol. The Hall–Kier alpha value is -6.00. The molecule has 0 spiro atoms. The van der Waals surface area contributed by atoms with Gasteiger partial charge in [-0.2, -0.15) is 0 Å². The maximum atomic E-state index is 9.68. The van der Waals surface area contributed by atoms with Crippen molar-refractivity contribution in [3.05, 3.63) is 151 Å². The first-order chi connectivity index (χ1) is 26.8. The van der Waals surface area contributed by atoms with E-state index in [4.69, 9.17) is 26.7 Å². The molecule has 206 valence electrons. The standard InChI is InChI=1S/C40H25N3O/c1-3-12-26(13-4-1)34-25-35(32-19-11-18-31-30-17-8-10-21-38(30)44-39(31)32)42-40(41-34)27-22-23-37-33(24-27)29-16-7-9-20-36(29)43(37)28-14-5-2-6-15-28/h1-25H/i2D,5D,6D,7D,9D,14D,15D,16D,20D,22D,23D,24D. The summed E-state index contributed by atoms with van der Waals surface area (Å²) in [6, 6.07) is 16.5. The average molecular weight is 576 g/mol. The van der Waals surface area contributed by atoms with Crippen molar-refractivity contribution in [2.24, 2.45) is 0 Å². The molecule has 0 aliphatic rings. The SMILES string of the molecule is [2H]c1c([2H])c([2H])c(-n2c3c([2H])c([2H])c([2H])c([2H])c3c3c([2H])c(-c4nc(-c5ccccc5)cc(-c5cccc6c5oc5ccccc56)n4)c([2H])c([2H])c32)c([2H])c1[2H]. The summed E-state index contributed by atoms with van der Waals surface area (Å²) in [7, 11) is 0. The molecule has 0 aliphatic heterocycles. The summed E-state index contributed by atoms with van der Waals surface area (Å²) < 4.78 is 113. The number of hydrogen-bond donors (Lipinski definition) is 0. The Kier molecular flexibility index (Phi) is 3.44. The van der Waals surface area contributed by atoms with Crippen molar-refractivity contribution in [2.75, 3.05) is 0 Å². The lowest BCUT2D eigenvalue weighted by Gasteiger charge is -2.10. The molecule has 0 saturated heterocycles. The zero-order valence-corrected chi connectivity index (χ0v) is 22.8. The van der Waals surface area contributed by atoms with Crippen molar-refractivity contribution in [3.8, 4) is 39.6 Å². The monoisotopic (exact) mass is 575 g/mol. The number of rotatable bonds is 4. The van der Waals surface area contributed by atoms with Crippen LogP contribution in [0.2, 0.25) is 0 Å². The van der Waals surface area contributed by atoms with Crippen molar-refractivity contribution >= 4 is 43.7 Å². The smallest absolute Gasteiger partial charge is 0.160 e. The summed E-state index contributed by atoms with van der Waals surface area (Å²) in [6.45, 7) is 0. The van der Waals surface area contributed by atoms with Crippen molar-refractivity contribution < 1.29 is 20.9 Å². The molecule has 0 aliphatic carbocycles. The minimum absolute atomic E-state index is 0.121. The van der Waals surface area contributed by atoms with Crippen LogP contribution in [-0.2, 0) is 0 Å². The Bertz CT molecular complexity index is 3150. The minimum atomic E-state index is -0.713. The van der Waals surface area contributed by atoms with Gasteiger partial charge in [0.05, 0.1) is 38.9 Å². The topological polar surface area (TPSA) is 43.9 Å². The molecule has 0 amide bonds. The number of para-hydroxylation sites is 4. The molecule has 44 heavy (non-hydrogen) atoms. The lowest BCUT2D eigenvalue weighted by Crippen LogP contribution is -1.96. The van der Waals surface area contributed by atoms with E-state index in [1.54, 1.807) is 6.07 Å². The van der Waals surface area contributed by atoms with Gasteiger partial charge in [-0.3, -0.25) is 0 Å². The van der Waals surface area contributed by atoms with Gasteiger partial charge in [-0.05, 0) is 54.5 Å². The third-order valence-electron chi connectivity index (χ3n) is 7.57. The van der Waals surface area contributed by atoms with E-state index in [9.17, 15) is 4.11 Å². The fraction of sp³-hybridized carbons (Fsp3) is 0. The Morgan fingerprint density at radius 1 is 0.568 bits per heavy atom. The summed E-state index contributed by atoms with van der Waals surface area (Å²) in [5.74, 6) is -0.121. The van der Waals surface area contributed by atoms with Gasteiger partial charge in [0.2, 0.25) is 0 Å². The lowest BCUT2D eigenvalue weighted by molar-refractivity contribution is 0.670. The van der Waals surface area contributed by atoms with E-state index in [2.05, 4.69) is 0 Å². The number of hydrogen-bond acceptors (Lipinski definition) is 3. The van der Waals surface area contributed by atoms with Crippen molar-refractivity contribution in [1.82, 2.24) is 14.5 Å². The minimum Gasteiger partial charge on any atom is -0.455 e. The zero-order chi connectivity index (χ0) is 39.5. The van der Waals surface area contributed by atoms with Crippen LogP contribution in [0.15, 0.2) is 156 Å². The number of furan rings is 1. The molecule has 3 aromatic heterocycles. The quantitative estimate of drug-likeness (QED) is 0.210. The van der Waals surface area contributed by atoms with Gasteiger partial charge in [0.15, 0.2) is 5.82 Å². The summed E-state index contributed by atoms with van der Waals surface area (Å²) in [5, 5.41) is 1.30. The van der Waals surface area contributed by atoms with E-state index in [1.807, 2.05) is 72.8 Å². The van der Waals surface area contributed by atoms with Crippen LogP contribution in [0.25, 0.3) is 83.3 Å². The maximum absolute atomic E-state index is 9.68. The van der Waals surface area contributed by atoms with E-state index in [1.165, 1.54) is 0 Å². The predicted molar refractivity (Wildman–Crippen MR) is 180 cm³/mol. The van der Waals surface area contributed by atoms with Crippen molar-refractivity contribution in [1.29, 1.82) is 0 Å². The Balaban J connectivity index is 1.43. The van der Waals surface area contributed by atoms with Gasteiger partial charge in [-0.15, -0.1) is 0 Å². The largest absolute Gasteiger partial charge is 0.455 e. The highest BCUT2D eigenvalue weighted by atomic mass is 16.3. The van der Waals surface area contributed by atoms with Gasteiger partial charge in [-0.1, -0.05) is 96.9 Å². The van der Waals surface area contributed by atoms with E-state index < -0.39 is 78.2 Å². The fourth-order valence-electron chi connectivity index (χ4n) is 5.61. The first kappa shape index (κ1) is 15.5. The molecule has 9 aromatic rings. The number of aromatic nitrogens is 3. The van der Waals surface area contributed by atoms with E-state index in [-0.39, 0.29) is 33.2 Å². The van der Waals surface area contributed by atoms with Gasteiger partial charge >= 0.3 is 0 Å². The Morgan fingerprint density at radius 3 is 2.23 bits per heavy atom. The molecule has 0 unspecified atom stereocenters. The molecule has 9 rings (SSSR count). The molecule has 0 saturated carbocycles. The highest BCUT2D eigenvalue weighted by molar-refractivity contribution is 6.11. The summed E-state index contributed by atoms with van der Waals surface area (Å²) in [4.78, 5) is 9.70. The first-order valence-corrected chi connectivity index (χ1v) is 13.8. The predicted octanol–water partition coefficient (Wildman–Crippen LogP) is 10.5. The third-order valence-corrected chi connectivity index (χ3v) is 7.57. The Labute approximate surface area is 270 Å². The van der Waals surface area contributed by atoms with Gasteiger partial charge in [0, 0.05) is 43.9 Å². The van der Waals surface area contributed by atoms with E-state index >= 15 is 0 Å². The maximum Gasteiger partial charge on any atom is 0.160 e. The highest BCUT2D eigenvalue weighted by Crippen LogP contribution is 2.38. The van der Waals surface area contributed by atoms with E-state index in [0.717, 1.165) is 15.3 Å². The van der Waals surface area contributed by atoms with Crippen LogP contribution in [0, 0.1) is 0 Å². The van der Waals surface area contributed by atoms with Crippen LogP contribution in [0.1, 0.15) is 16.4 Å². The average Bonchev–Trinajstić information content (AvgIpc) is 3.77. The van der Waals surface area contributed by atoms with Gasteiger partial charge in [0.1, 0.15) is 11.2 Å². The summed E-state index contributed by atoms with van der Waals surface area (Å²) in [6.07, 6.45) is 0.